The fourth-order valence-corrected chi connectivity index (χ4v) is 3.42. The van der Waals surface area contributed by atoms with Gasteiger partial charge in [0, 0.05) is 25.3 Å². The molecule has 0 spiro atoms. The minimum Gasteiger partial charge on any atom is -0.379 e. The summed E-state index contributed by atoms with van der Waals surface area (Å²) in [7, 11) is 0. The first-order chi connectivity index (χ1) is 13.2. The van der Waals surface area contributed by atoms with Crippen molar-refractivity contribution in [1.29, 1.82) is 0 Å². The predicted octanol–water partition coefficient (Wildman–Crippen LogP) is 3.75. The van der Waals surface area contributed by atoms with E-state index < -0.39 is 0 Å². The molecular formula is C21H26FN3OS. The van der Waals surface area contributed by atoms with Crippen LogP contribution in [0.5, 0.6) is 0 Å². The summed E-state index contributed by atoms with van der Waals surface area (Å²) in [5.41, 5.74) is 3.33. The van der Waals surface area contributed by atoms with Crippen molar-refractivity contribution in [3.05, 3.63) is 65.5 Å². The second-order valence-corrected chi connectivity index (χ2v) is 7.01. The molecule has 1 atom stereocenters. The van der Waals surface area contributed by atoms with Crippen LogP contribution in [-0.2, 0) is 11.2 Å². The smallest absolute Gasteiger partial charge is 0.170 e. The van der Waals surface area contributed by atoms with Crippen LogP contribution in [0.25, 0.3) is 0 Å². The number of nitrogens with one attached hydrogen (secondary N) is 2. The highest BCUT2D eigenvalue weighted by Crippen LogP contribution is 2.22. The number of halogens is 1. The Morgan fingerprint density at radius 3 is 2.41 bits per heavy atom. The second-order valence-electron chi connectivity index (χ2n) is 6.60. The van der Waals surface area contributed by atoms with Crippen molar-refractivity contribution in [2.75, 3.05) is 38.2 Å². The van der Waals surface area contributed by atoms with Crippen LogP contribution in [0.2, 0.25) is 0 Å². The van der Waals surface area contributed by atoms with Gasteiger partial charge in [-0.1, -0.05) is 31.2 Å². The monoisotopic (exact) mass is 387 g/mol. The Hall–Kier alpha value is -2.02. The highest BCUT2D eigenvalue weighted by atomic mass is 32.1. The van der Waals surface area contributed by atoms with Crippen LogP contribution >= 0.6 is 12.2 Å². The summed E-state index contributed by atoms with van der Waals surface area (Å²) >= 11 is 5.46. The van der Waals surface area contributed by atoms with Gasteiger partial charge in [0.15, 0.2) is 5.11 Å². The lowest BCUT2D eigenvalue weighted by atomic mass is 10.0. The molecule has 1 aliphatic rings. The van der Waals surface area contributed by atoms with Gasteiger partial charge in [-0.15, -0.1) is 0 Å². The average molecular weight is 388 g/mol. The van der Waals surface area contributed by atoms with Gasteiger partial charge in [0.05, 0.1) is 19.3 Å². The lowest BCUT2D eigenvalue weighted by Gasteiger charge is -2.35. The van der Waals surface area contributed by atoms with Gasteiger partial charge in [-0.2, -0.15) is 0 Å². The molecule has 1 unspecified atom stereocenters. The van der Waals surface area contributed by atoms with Crippen molar-refractivity contribution in [3.8, 4) is 0 Å². The number of hydrogen-bond acceptors (Lipinski definition) is 3. The predicted molar refractivity (Wildman–Crippen MR) is 112 cm³/mol. The minimum atomic E-state index is -0.222. The van der Waals surface area contributed by atoms with Crippen LogP contribution in [0.3, 0.4) is 0 Å². The zero-order valence-corrected chi connectivity index (χ0v) is 16.4. The molecule has 3 rings (SSSR count). The minimum absolute atomic E-state index is 0.108. The van der Waals surface area contributed by atoms with E-state index in [2.05, 4.69) is 34.6 Å². The molecule has 1 heterocycles. The van der Waals surface area contributed by atoms with Crippen LogP contribution < -0.4 is 10.6 Å². The summed E-state index contributed by atoms with van der Waals surface area (Å²) < 4.78 is 18.8. The maximum absolute atomic E-state index is 13.3. The molecular weight excluding hydrogens is 361 g/mol. The van der Waals surface area contributed by atoms with E-state index in [0.717, 1.165) is 30.8 Å². The van der Waals surface area contributed by atoms with E-state index in [0.29, 0.717) is 24.9 Å². The third-order valence-corrected chi connectivity index (χ3v) is 5.06. The van der Waals surface area contributed by atoms with Gasteiger partial charge in [0.25, 0.3) is 0 Å². The molecule has 4 nitrogen and oxygen atoms in total. The molecule has 0 bridgehead atoms. The number of rotatable bonds is 6. The van der Waals surface area contributed by atoms with Crippen LogP contribution in [-0.4, -0.2) is 42.9 Å². The fourth-order valence-electron chi connectivity index (χ4n) is 3.22. The largest absolute Gasteiger partial charge is 0.379 e. The highest BCUT2D eigenvalue weighted by molar-refractivity contribution is 7.80. The fraction of sp³-hybridized carbons (Fsp3) is 0.381. The van der Waals surface area contributed by atoms with Crippen LogP contribution in [0.15, 0.2) is 48.5 Å². The van der Waals surface area contributed by atoms with Gasteiger partial charge in [-0.3, -0.25) is 4.90 Å². The molecule has 0 amide bonds. The number of benzene rings is 2. The SMILES string of the molecule is CCc1ccc(NC(=S)NCC(c2ccc(F)cc2)N2CCOCC2)cc1. The number of nitrogens with zero attached hydrogens (tertiary/aromatic N) is 1. The van der Waals surface area contributed by atoms with Gasteiger partial charge >= 0.3 is 0 Å². The Morgan fingerprint density at radius 2 is 1.78 bits per heavy atom. The Kier molecular flexibility index (Phi) is 7.15. The van der Waals surface area contributed by atoms with Crippen LogP contribution in [0.1, 0.15) is 24.1 Å². The van der Waals surface area contributed by atoms with Crippen molar-refractivity contribution in [2.45, 2.75) is 19.4 Å². The first-order valence-corrected chi connectivity index (χ1v) is 9.77. The number of anilines is 1. The molecule has 2 aromatic rings. The van der Waals surface area contributed by atoms with Crippen molar-refractivity contribution in [2.24, 2.45) is 0 Å². The summed E-state index contributed by atoms with van der Waals surface area (Å²) in [4.78, 5) is 2.35. The first-order valence-electron chi connectivity index (χ1n) is 9.36. The van der Waals surface area contributed by atoms with E-state index in [1.807, 2.05) is 24.3 Å². The Labute approximate surface area is 165 Å². The molecule has 6 heteroatoms. The molecule has 27 heavy (non-hydrogen) atoms. The summed E-state index contributed by atoms with van der Waals surface area (Å²) in [5, 5.41) is 7.13. The lowest BCUT2D eigenvalue weighted by Crippen LogP contribution is -2.44. The molecule has 144 valence electrons. The van der Waals surface area contributed by atoms with E-state index >= 15 is 0 Å². The van der Waals surface area contributed by atoms with E-state index in [1.165, 1.54) is 17.7 Å². The highest BCUT2D eigenvalue weighted by Gasteiger charge is 2.22. The molecule has 2 N–H and O–H groups in total. The zero-order valence-electron chi connectivity index (χ0n) is 15.6. The number of morpholine rings is 1. The maximum atomic E-state index is 13.3. The first kappa shape index (κ1) is 19.7. The van der Waals surface area contributed by atoms with Crippen molar-refractivity contribution in [3.63, 3.8) is 0 Å². The van der Waals surface area contributed by atoms with Gasteiger partial charge < -0.3 is 15.4 Å². The Balaban J connectivity index is 1.62. The molecule has 2 aromatic carbocycles. The number of ether oxygens (including phenoxy) is 1. The molecule has 0 saturated carbocycles. The molecule has 0 aromatic heterocycles. The topological polar surface area (TPSA) is 36.5 Å². The number of hydrogen-bond donors (Lipinski definition) is 2. The van der Waals surface area contributed by atoms with E-state index in [4.69, 9.17) is 17.0 Å². The zero-order chi connectivity index (χ0) is 19.1. The van der Waals surface area contributed by atoms with Crippen LogP contribution in [0, 0.1) is 5.82 Å². The van der Waals surface area contributed by atoms with E-state index in [1.54, 1.807) is 0 Å². The maximum Gasteiger partial charge on any atom is 0.170 e. The average Bonchev–Trinajstić information content (AvgIpc) is 2.71. The van der Waals surface area contributed by atoms with E-state index in [-0.39, 0.29) is 11.9 Å². The molecule has 1 fully saturated rings. The summed E-state index contributed by atoms with van der Waals surface area (Å²) in [6, 6.07) is 15.1. The molecule has 0 radical (unpaired) electrons. The van der Waals surface area contributed by atoms with Crippen molar-refractivity contribution >= 4 is 23.0 Å². The normalized spacial score (nSPS) is 15.9. The van der Waals surface area contributed by atoms with Crippen molar-refractivity contribution < 1.29 is 9.13 Å². The van der Waals surface area contributed by atoms with Crippen LogP contribution in [0.4, 0.5) is 10.1 Å². The summed E-state index contributed by atoms with van der Waals surface area (Å²) in [5.74, 6) is -0.222. The third-order valence-electron chi connectivity index (χ3n) is 4.82. The summed E-state index contributed by atoms with van der Waals surface area (Å²) in [6.45, 7) is 5.90. The Morgan fingerprint density at radius 1 is 1.11 bits per heavy atom. The molecule has 1 saturated heterocycles. The van der Waals surface area contributed by atoms with Gasteiger partial charge in [0.2, 0.25) is 0 Å². The van der Waals surface area contributed by atoms with Gasteiger partial charge in [-0.25, -0.2) is 4.39 Å². The van der Waals surface area contributed by atoms with Gasteiger partial charge in [0.1, 0.15) is 5.82 Å². The summed E-state index contributed by atoms with van der Waals surface area (Å²) in [6.07, 6.45) is 1.02. The quantitative estimate of drug-likeness (QED) is 0.739. The number of thiocarbonyl (C=S) groups is 1. The lowest BCUT2D eigenvalue weighted by molar-refractivity contribution is 0.0170. The second kappa shape index (κ2) is 9.78. The van der Waals surface area contributed by atoms with Gasteiger partial charge in [-0.05, 0) is 54.0 Å². The van der Waals surface area contributed by atoms with Crippen molar-refractivity contribution in [1.82, 2.24) is 10.2 Å². The standard InChI is InChI=1S/C21H26FN3OS/c1-2-16-3-9-19(10-4-16)24-21(27)23-15-20(25-11-13-26-14-12-25)17-5-7-18(22)8-6-17/h3-10,20H,2,11-15H2,1H3,(H2,23,24,27). The Bertz CT molecular complexity index is 730. The molecule has 0 aliphatic carbocycles. The molecule has 1 aliphatic heterocycles. The third kappa shape index (κ3) is 5.73. The number of aryl methyl sites for hydroxylation is 1. The van der Waals surface area contributed by atoms with E-state index in [9.17, 15) is 4.39 Å².